The quantitative estimate of drug-likeness (QED) is 0.306. The number of piperazine rings is 1. The second-order valence-corrected chi connectivity index (χ2v) is 3.07. The predicted octanol–water partition coefficient (Wildman–Crippen LogP) is -2.94. The highest BCUT2D eigenvalue weighted by Crippen LogP contribution is 1.92. The molecule has 2 unspecified atom stereocenters. The summed E-state index contributed by atoms with van der Waals surface area (Å²) in [5, 5.41) is 39.0. The summed E-state index contributed by atoms with van der Waals surface area (Å²) in [5.74, 6) is -3.54. The summed E-state index contributed by atoms with van der Waals surface area (Å²) in [6, 6.07) is 0. The molecule has 2 atom stereocenters. The number of carbonyl (C=O) groups is 2. The highest BCUT2D eigenvalue weighted by Gasteiger charge is 2.29. The Bertz CT molecular complexity index is 201. The lowest BCUT2D eigenvalue weighted by molar-refractivity contribution is -0.165. The molecule has 1 aliphatic heterocycles. The molecule has 0 aromatic carbocycles. The van der Waals surface area contributed by atoms with Gasteiger partial charge in [-0.25, -0.2) is 9.59 Å². The molecule has 0 aromatic rings. The van der Waals surface area contributed by atoms with Crippen LogP contribution in [0.3, 0.4) is 0 Å². The van der Waals surface area contributed by atoms with E-state index >= 15 is 0 Å². The standard InChI is InChI=1S/C4H10N2.C4H6O6/c1-2-6-4-3-5-1;5-1(3(7)8)2(6)4(9)10/h5-6H,1-4H2;1-2,5-6H,(H,7,8)(H,9,10). The number of hydrogen-bond donors (Lipinski definition) is 6. The van der Waals surface area contributed by atoms with Gasteiger partial charge in [0.2, 0.25) is 0 Å². The third-order valence-electron chi connectivity index (χ3n) is 1.76. The molecular formula is C8H16N2O6. The van der Waals surface area contributed by atoms with Gasteiger partial charge in [-0.15, -0.1) is 0 Å². The van der Waals surface area contributed by atoms with E-state index in [-0.39, 0.29) is 0 Å². The molecule has 1 rings (SSSR count). The van der Waals surface area contributed by atoms with E-state index in [2.05, 4.69) is 10.6 Å². The van der Waals surface area contributed by atoms with E-state index in [9.17, 15) is 9.59 Å². The number of hydrogen-bond acceptors (Lipinski definition) is 6. The number of carboxylic acid groups (broad SMARTS) is 2. The van der Waals surface area contributed by atoms with Crippen LogP contribution in [-0.4, -0.2) is 70.8 Å². The van der Waals surface area contributed by atoms with Crippen molar-refractivity contribution in [2.75, 3.05) is 26.2 Å². The molecule has 0 radical (unpaired) electrons. The molecule has 8 heteroatoms. The molecule has 0 aromatic heterocycles. The van der Waals surface area contributed by atoms with Gasteiger partial charge in [0.1, 0.15) is 0 Å². The third-order valence-corrected chi connectivity index (χ3v) is 1.76. The summed E-state index contributed by atoms with van der Waals surface area (Å²) >= 11 is 0. The van der Waals surface area contributed by atoms with Crippen molar-refractivity contribution in [3.8, 4) is 0 Å². The Labute approximate surface area is 91.9 Å². The Morgan fingerprint density at radius 2 is 1.06 bits per heavy atom. The number of nitrogens with one attached hydrogen (secondary N) is 2. The first-order valence-corrected chi connectivity index (χ1v) is 4.70. The van der Waals surface area contributed by atoms with Crippen LogP contribution < -0.4 is 10.6 Å². The lowest BCUT2D eigenvalue weighted by Gasteiger charge is -2.11. The summed E-state index contributed by atoms with van der Waals surface area (Å²) in [6.07, 6.45) is -4.53. The SMILES string of the molecule is C1CNCCN1.O=C(O)C(O)C(O)C(=O)O. The van der Waals surface area contributed by atoms with Gasteiger partial charge in [-0.3, -0.25) is 0 Å². The minimum absolute atomic E-state index is 1.14. The van der Waals surface area contributed by atoms with Crippen LogP contribution >= 0.6 is 0 Å². The Balaban J connectivity index is 0.000000315. The largest absolute Gasteiger partial charge is 0.479 e. The Kier molecular flexibility index (Phi) is 7.38. The van der Waals surface area contributed by atoms with Gasteiger partial charge in [-0.2, -0.15) is 0 Å². The number of rotatable bonds is 3. The molecule has 16 heavy (non-hydrogen) atoms. The normalized spacial score (nSPS) is 18.9. The van der Waals surface area contributed by atoms with Gasteiger partial charge in [0.25, 0.3) is 0 Å². The van der Waals surface area contributed by atoms with Crippen molar-refractivity contribution in [1.82, 2.24) is 10.6 Å². The number of carboxylic acids is 2. The average molecular weight is 236 g/mol. The van der Waals surface area contributed by atoms with Gasteiger partial charge in [0.15, 0.2) is 12.2 Å². The van der Waals surface area contributed by atoms with Gasteiger partial charge in [-0.1, -0.05) is 0 Å². The lowest BCUT2D eigenvalue weighted by atomic mass is 10.2. The van der Waals surface area contributed by atoms with Crippen LogP contribution in [0.15, 0.2) is 0 Å². The maximum atomic E-state index is 9.77. The topological polar surface area (TPSA) is 139 Å². The third kappa shape index (κ3) is 6.30. The molecule has 94 valence electrons. The molecule has 1 heterocycles. The van der Waals surface area contributed by atoms with Crippen molar-refractivity contribution in [3.05, 3.63) is 0 Å². The molecule has 1 saturated heterocycles. The molecule has 6 N–H and O–H groups in total. The Morgan fingerprint density at radius 3 is 1.19 bits per heavy atom. The molecule has 0 spiro atoms. The maximum Gasteiger partial charge on any atom is 0.335 e. The van der Waals surface area contributed by atoms with Crippen molar-refractivity contribution < 1.29 is 30.0 Å². The van der Waals surface area contributed by atoms with E-state index in [1.807, 2.05) is 0 Å². The molecule has 1 aliphatic rings. The average Bonchev–Trinajstić information content (AvgIpc) is 2.30. The van der Waals surface area contributed by atoms with Crippen LogP contribution in [0.4, 0.5) is 0 Å². The van der Waals surface area contributed by atoms with E-state index < -0.39 is 24.1 Å². The van der Waals surface area contributed by atoms with E-state index in [0.29, 0.717) is 0 Å². The zero-order valence-electron chi connectivity index (χ0n) is 8.59. The highest BCUT2D eigenvalue weighted by molar-refractivity contribution is 5.83. The van der Waals surface area contributed by atoms with Crippen molar-refractivity contribution in [2.24, 2.45) is 0 Å². The predicted molar refractivity (Wildman–Crippen MR) is 53.0 cm³/mol. The van der Waals surface area contributed by atoms with E-state index in [0.717, 1.165) is 26.2 Å². The van der Waals surface area contributed by atoms with Gasteiger partial charge >= 0.3 is 11.9 Å². The summed E-state index contributed by atoms with van der Waals surface area (Å²) in [5.41, 5.74) is 0. The number of aliphatic hydroxyl groups excluding tert-OH is 2. The van der Waals surface area contributed by atoms with Crippen LogP contribution in [0.2, 0.25) is 0 Å². The monoisotopic (exact) mass is 236 g/mol. The molecular weight excluding hydrogens is 220 g/mol. The fraction of sp³-hybridized carbons (Fsp3) is 0.750. The molecule has 1 fully saturated rings. The first-order chi connectivity index (χ1) is 7.46. The van der Waals surface area contributed by atoms with Crippen LogP contribution in [0.5, 0.6) is 0 Å². The number of aliphatic carboxylic acids is 2. The summed E-state index contributed by atoms with van der Waals surface area (Å²) in [6.45, 7) is 4.56. The van der Waals surface area contributed by atoms with Gasteiger partial charge in [-0.05, 0) is 0 Å². The smallest absolute Gasteiger partial charge is 0.335 e. The summed E-state index contributed by atoms with van der Waals surface area (Å²) in [4.78, 5) is 19.5. The summed E-state index contributed by atoms with van der Waals surface area (Å²) < 4.78 is 0. The fourth-order valence-electron chi connectivity index (χ4n) is 0.874. The first-order valence-electron chi connectivity index (χ1n) is 4.70. The van der Waals surface area contributed by atoms with Gasteiger partial charge in [0.05, 0.1) is 0 Å². The lowest BCUT2D eigenvalue weighted by Crippen LogP contribution is -2.39. The van der Waals surface area contributed by atoms with E-state index in [4.69, 9.17) is 20.4 Å². The van der Waals surface area contributed by atoms with Crippen molar-refractivity contribution >= 4 is 11.9 Å². The zero-order valence-corrected chi connectivity index (χ0v) is 8.59. The van der Waals surface area contributed by atoms with Crippen molar-refractivity contribution in [2.45, 2.75) is 12.2 Å². The second-order valence-electron chi connectivity index (χ2n) is 3.07. The minimum atomic E-state index is -2.27. The van der Waals surface area contributed by atoms with E-state index in [1.165, 1.54) is 0 Å². The number of aliphatic hydroxyl groups is 2. The molecule has 0 bridgehead atoms. The van der Waals surface area contributed by atoms with Crippen LogP contribution in [0.25, 0.3) is 0 Å². The first kappa shape index (κ1) is 14.8. The molecule has 0 saturated carbocycles. The van der Waals surface area contributed by atoms with Crippen LogP contribution in [0.1, 0.15) is 0 Å². The van der Waals surface area contributed by atoms with Gasteiger partial charge in [0, 0.05) is 26.2 Å². The highest BCUT2D eigenvalue weighted by atomic mass is 16.4. The molecule has 0 aliphatic carbocycles. The van der Waals surface area contributed by atoms with Crippen molar-refractivity contribution in [3.63, 3.8) is 0 Å². The molecule has 8 nitrogen and oxygen atoms in total. The van der Waals surface area contributed by atoms with E-state index in [1.54, 1.807) is 0 Å². The van der Waals surface area contributed by atoms with Crippen LogP contribution in [0, 0.1) is 0 Å². The fourth-order valence-corrected chi connectivity index (χ4v) is 0.874. The van der Waals surface area contributed by atoms with Crippen molar-refractivity contribution in [1.29, 1.82) is 0 Å². The maximum absolute atomic E-state index is 9.77. The Morgan fingerprint density at radius 1 is 0.812 bits per heavy atom. The minimum Gasteiger partial charge on any atom is -0.479 e. The Hall–Kier alpha value is -1.22. The van der Waals surface area contributed by atoms with Gasteiger partial charge < -0.3 is 31.1 Å². The molecule has 0 amide bonds. The summed E-state index contributed by atoms with van der Waals surface area (Å²) in [7, 11) is 0. The van der Waals surface area contributed by atoms with Crippen LogP contribution in [-0.2, 0) is 9.59 Å². The zero-order chi connectivity index (χ0) is 12.6. The second kappa shape index (κ2) is 7.99.